The van der Waals surface area contributed by atoms with Gasteiger partial charge in [0.2, 0.25) is 5.78 Å². The van der Waals surface area contributed by atoms with Gasteiger partial charge in [-0.05, 0) is 19.1 Å². The molecule has 0 amide bonds. The summed E-state index contributed by atoms with van der Waals surface area (Å²) >= 11 is 0. The highest BCUT2D eigenvalue weighted by Gasteiger charge is 2.20. The van der Waals surface area contributed by atoms with Gasteiger partial charge in [0, 0.05) is 30.0 Å². The van der Waals surface area contributed by atoms with E-state index in [1.54, 1.807) is 43.3 Å². The van der Waals surface area contributed by atoms with Crippen LogP contribution in [0.1, 0.15) is 17.3 Å². The van der Waals surface area contributed by atoms with Crippen molar-refractivity contribution in [3.63, 3.8) is 0 Å². The molecule has 1 atom stereocenters. The van der Waals surface area contributed by atoms with E-state index in [0.29, 0.717) is 17.9 Å². The molecule has 0 spiro atoms. The Kier molecular flexibility index (Phi) is 5.21. The smallest absolute Gasteiger partial charge is 0.269 e. The van der Waals surface area contributed by atoms with E-state index in [9.17, 15) is 14.9 Å². The number of ketones is 1. The van der Waals surface area contributed by atoms with Crippen LogP contribution < -0.4 is 5.32 Å². The molecule has 22 heavy (non-hydrogen) atoms. The van der Waals surface area contributed by atoms with Gasteiger partial charge in [-0.15, -0.1) is 0 Å². The second kappa shape index (κ2) is 7.33. The van der Waals surface area contributed by atoms with Crippen molar-refractivity contribution in [1.82, 2.24) is 0 Å². The van der Waals surface area contributed by atoms with Gasteiger partial charge in [0.05, 0.1) is 4.92 Å². The van der Waals surface area contributed by atoms with Gasteiger partial charge in [-0.2, -0.15) is 0 Å². The van der Waals surface area contributed by atoms with Crippen molar-refractivity contribution >= 4 is 17.2 Å². The lowest BCUT2D eigenvalue weighted by atomic mass is 10.1. The fourth-order valence-electron chi connectivity index (χ4n) is 1.93. The van der Waals surface area contributed by atoms with Gasteiger partial charge in [0.25, 0.3) is 5.69 Å². The van der Waals surface area contributed by atoms with Gasteiger partial charge in [-0.1, -0.05) is 30.3 Å². The van der Waals surface area contributed by atoms with Gasteiger partial charge >= 0.3 is 0 Å². The lowest BCUT2D eigenvalue weighted by Crippen LogP contribution is -2.32. The Morgan fingerprint density at radius 2 is 1.82 bits per heavy atom. The summed E-state index contributed by atoms with van der Waals surface area (Å²) in [4.78, 5) is 22.6. The molecule has 114 valence electrons. The van der Waals surface area contributed by atoms with E-state index in [4.69, 9.17) is 4.74 Å². The molecule has 2 aromatic carbocycles. The number of nitro groups is 1. The highest BCUT2D eigenvalue weighted by molar-refractivity contribution is 6.00. The molecule has 0 aliphatic rings. The molecule has 2 aromatic rings. The van der Waals surface area contributed by atoms with E-state index in [1.807, 2.05) is 6.07 Å². The molecule has 6 nitrogen and oxygen atoms in total. The molecule has 0 aliphatic carbocycles. The van der Waals surface area contributed by atoms with Crippen LogP contribution in [0.25, 0.3) is 0 Å². The van der Waals surface area contributed by atoms with E-state index in [1.165, 1.54) is 12.1 Å². The molecule has 0 aliphatic heterocycles. The summed E-state index contributed by atoms with van der Waals surface area (Å²) in [5.41, 5.74) is 1.11. The summed E-state index contributed by atoms with van der Waals surface area (Å²) in [6, 6.07) is 14.7. The van der Waals surface area contributed by atoms with Gasteiger partial charge in [-0.25, -0.2) is 0 Å². The molecule has 0 radical (unpaired) electrons. The fraction of sp³-hybridized carbons (Fsp3) is 0.188. The van der Waals surface area contributed by atoms with Crippen LogP contribution in [-0.2, 0) is 4.74 Å². The van der Waals surface area contributed by atoms with E-state index >= 15 is 0 Å². The van der Waals surface area contributed by atoms with Crippen molar-refractivity contribution in [1.29, 1.82) is 0 Å². The van der Waals surface area contributed by atoms with Crippen molar-refractivity contribution in [2.24, 2.45) is 0 Å². The normalized spacial score (nSPS) is 11.7. The highest BCUT2D eigenvalue weighted by atomic mass is 16.6. The molecular weight excluding hydrogens is 284 g/mol. The minimum atomic E-state index is -0.839. The lowest BCUT2D eigenvalue weighted by molar-refractivity contribution is -0.384. The number of nitro benzene ring substituents is 1. The molecule has 1 N–H and O–H groups in total. The monoisotopic (exact) mass is 300 g/mol. The first-order chi connectivity index (χ1) is 10.6. The van der Waals surface area contributed by atoms with Gasteiger partial charge in [0.15, 0.2) is 6.23 Å². The summed E-state index contributed by atoms with van der Waals surface area (Å²) in [5, 5.41) is 13.6. The molecule has 0 saturated heterocycles. The average molecular weight is 300 g/mol. The zero-order valence-corrected chi connectivity index (χ0v) is 12.1. The Labute approximate surface area is 127 Å². The van der Waals surface area contributed by atoms with Crippen molar-refractivity contribution in [2.75, 3.05) is 11.9 Å². The maximum Gasteiger partial charge on any atom is 0.269 e. The lowest BCUT2D eigenvalue weighted by Gasteiger charge is -2.18. The van der Waals surface area contributed by atoms with Crippen LogP contribution in [0.4, 0.5) is 11.4 Å². The third kappa shape index (κ3) is 3.89. The highest BCUT2D eigenvalue weighted by Crippen LogP contribution is 2.17. The van der Waals surface area contributed by atoms with E-state index in [0.717, 1.165) is 0 Å². The predicted octanol–water partition coefficient (Wildman–Crippen LogP) is 3.25. The maximum absolute atomic E-state index is 12.4. The topological polar surface area (TPSA) is 81.5 Å². The molecular formula is C16H16N2O4. The standard InChI is InChI=1S/C16H16N2O4/c1-2-22-16(15(19)12-6-4-3-5-7-12)17-13-8-10-14(11-9-13)18(20)21/h3-11,16-17H,2H2,1H3/t16-/m0/s1. The number of rotatable bonds is 7. The second-order valence-corrected chi connectivity index (χ2v) is 4.51. The zero-order chi connectivity index (χ0) is 15.9. The zero-order valence-electron chi connectivity index (χ0n) is 12.1. The summed E-state index contributed by atoms with van der Waals surface area (Å²) < 4.78 is 5.45. The maximum atomic E-state index is 12.4. The molecule has 6 heteroatoms. The number of hydrogen-bond acceptors (Lipinski definition) is 5. The number of nitrogens with zero attached hydrogens (tertiary/aromatic N) is 1. The molecule has 0 aromatic heterocycles. The van der Waals surface area contributed by atoms with E-state index < -0.39 is 11.2 Å². The van der Waals surface area contributed by atoms with E-state index in [-0.39, 0.29) is 11.5 Å². The Balaban J connectivity index is 2.14. The number of non-ortho nitro benzene ring substituents is 1. The summed E-state index contributed by atoms with van der Waals surface area (Å²) in [6.07, 6.45) is -0.839. The number of anilines is 1. The molecule has 0 fully saturated rings. The molecule has 0 saturated carbocycles. The third-order valence-corrected chi connectivity index (χ3v) is 3.01. The summed E-state index contributed by atoms with van der Waals surface area (Å²) in [7, 11) is 0. The van der Waals surface area contributed by atoms with Crippen molar-refractivity contribution in [3.05, 3.63) is 70.3 Å². The molecule has 0 unspecified atom stereocenters. The van der Waals surface area contributed by atoms with Crippen molar-refractivity contribution in [2.45, 2.75) is 13.2 Å². The number of Topliss-reactive ketones (excluding diaryl/α,β-unsaturated/α-hetero) is 1. The average Bonchev–Trinajstić information content (AvgIpc) is 2.55. The first kappa shape index (κ1) is 15.7. The SMILES string of the molecule is CCO[C@H](Nc1ccc([N+](=O)[O-])cc1)C(=O)c1ccccc1. The summed E-state index contributed by atoms with van der Waals surface area (Å²) in [6.45, 7) is 2.16. The number of carbonyl (C=O) groups is 1. The van der Waals surface area contributed by atoms with Crippen LogP contribution in [0.5, 0.6) is 0 Å². The van der Waals surface area contributed by atoms with Gasteiger partial charge in [-0.3, -0.25) is 14.9 Å². The van der Waals surface area contributed by atoms with E-state index in [2.05, 4.69) is 5.32 Å². The quantitative estimate of drug-likeness (QED) is 0.367. The Bertz CT molecular complexity index is 641. The van der Waals surface area contributed by atoms with Crippen LogP contribution in [0.2, 0.25) is 0 Å². The van der Waals surface area contributed by atoms with Crippen LogP contribution in [-0.4, -0.2) is 23.5 Å². The first-order valence-electron chi connectivity index (χ1n) is 6.83. The Morgan fingerprint density at radius 3 is 2.36 bits per heavy atom. The minimum absolute atomic E-state index is 0.00658. The Morgan fingerprint density at radius 1 is 1.18 bits per heavy atom. The molecule has 0 bridgehead atoms. The fourth-order valence-corrected chi connectivity index (χ4v) is 1.93. The largest absolute Gasteiger partial charge is 0.354 e. The number of hydrogen-bond donors (Lipinski definition) is 1. The number of ether oxygens (including phenoxy) is 1. The predicted molar refractivity (Wildman–Crippen MR) is 82.9 cm³/mol. The minimum Gasteiger partial charge on any atom is -0.354 e. The second-order valence-electron chi connectivity index (χ2n) is 4.51. The first-order valence-corrected chi connectivity index (χ1v) is 6.83. The Hall–Kier alpha value is -2.73. The molecule has 2 rings (SSSR count). The van der Waals surface area contributed by atoms with Gasteiger partial charge < -0.3 is 10.1 Å². The third-order valence-electron chi connectivity index (χ3n) is 3.01. The number of benzene rings is 2. The summed E-state index contributed by atoms with van der Waals surface area (Å²) in [5.74, 6) is -0.194. The van der Waals surface area contributed by atoms with Crippen LogP contribution in [0.3, 0.4) is 0 Å². The van der Waals surface area contributed by atoms with Crippen LogP contribution in [0, 0.1) is 10.1 Å². The van der Waals surface area contributed by atoms with Crippen LogP contribution in [0.15, 0.2) is 54.6 Å². The molecule has 0 heterocycles. The van der Waals surface area contributed by atoms with Crippen molar-refractivity contribution in [3.8, 4) is 0 Å². The van der Waals surface area contributed by atoms with Crippen LogP contribution >= 0.6 is 0 Å². The van der Waals surface area contributed by atoms with Gasteiger partial charge in [0.1, 0.15) is 0 Å². The number of carbonyl (C=O) groups excluding carboxylic acids is 1. The van der Waals surface area contributed by atoms with Crippen molar-refractivity contribution < 1.29 is 14.5 Å². The number of nitrogens with one attached hydrogen (secondary N) is 1.